The molecule has 1 rings (SSSR count). The maximum absolute atomic E-state index is 11.2. The predicted octanol–water partition coefficient (Wildman–Crippen LogP) is 1.16. The van der Waals surface area contributed by atoms with E-state index < -0.39 is 11.5 Å². The zero-order chi connectivity index (χ0) is 16.6. The Bertz CT molecular complexity index is 390. The minimum absolute atomic E-state index is 0.664. The van der Waals surface area contributed by atoms with Gasteiger partial charge >= 0.3 is 5.97 Å². The molecule has 0 saturated carbocycles. The Morgan fingerprint density at radius 3 is 1.95 bits per heavy atom. The molecule has 0 aromatic heterocycles. The second kappa shape index (κ2) is 8.56. The number of nitrogens with zero attached hydrogens (tertiary/aromatic N) is 2. The molecule has 1 heterocycles. The topological polar surface area (TPSA) is 95.8 Å². The predicted molar refractivity (Wildman–Crippen MR) is 86.4 cm³/mol. The molecule has 0 aromatic rings. The summed E-state index contributed by atoms with van der Waals surface area (Å²) in [6.45, 7) is 12.1. The van der Waals surface area contributed by atoms with E-state index in [4.69, 9.17) is 11.5 Å². The highest BCUT2D eigenvalue weighted by Crippen LogP contribution is 2.18. The van der Waals surface area contributed by atoms with Gasteiger partial charge in [0.05, 0.1) is 5.82 Å². The third kappa shape index (κ3) is 5.67. The summed E-state index contributed by atoms with van der Waals surface area (Å²) in [6.07, 6.45) is 3.55. The van der Waals surface area contributed by atoms with E-state index in [1.54, 1.807) is 32.9 Å². The highest BCUT2D eigenvalue weighted by molar-refractivity contribution is 5.77. The summed E-state index contributed by atoms with van der Waals surface area (Å²) in [6, 6.07) is 0. The molecule has 1 fully saturated rings. The number of hydrogen-bond acceptors (Lipinski definition) is 5. The van der Waals surface area contributed by atoms with Crippen molar-refractivity contribution in [3.63, 3.8) is 0 Å². The number of allylic oxidation sites excluding steroid dienone is 3. The first kappa shape index (κ1) is 19.3. The van der Waals surface area contributed by atoms with E-state index in [2.05, 4.69) is 0 Å². The maximum Gasteiger partial charge on any atom is 0.323 e. The van der Waals surface area contributed by atoms with Crippen LogP contribution in [-0.2, 0) is 4.79 Å². The Labute approximate surface area is 128 Å². The quantitative estimate of drug-likeness (QED) is 0.674. The minimum Gasteiger partial charge on any atom is -0.480 e. The summed E-state index contributed by atoms with van der Waals surface area (Å²) in [5.74, 6) is -0.135. The zero-order valence-corrected chi connectivity index (χ0v) is 13.9. The first-order valence-electron chi connectivity index (χ1n) is 7.38. The third-order valence-corrected chi connectivity index (χ3v) is 3.48. The van der Waals surface area contributed by atoms with Gasteiger partial charge in [0.25, 0.3) is 0 Å². The molecule has 6 heteroatoms. The highest BCUT2D eigenvalue weighted by atomic mass is 16.4. The largest absolute Gasteiger partial charge is 0.480 e. The molecule has 0 radical (unpaired) electrons. The summed E-state index contributed by atoms with van der Waals surface area (Å²) in [7, 11) is 0. The van der Waals surface area contributed by atoms with Crippen molar-refractivity contribution < 1.29 is 9.90 Å². The van der Waals surface area contributed by atoms with Crippen LogP contribution < -0.4 is 11.5 Å². The molecule has 0 unspecified atom stereocenters. The van der Waals surface area contributed by atoms with Gasteiger partial charge in [0, 0.05) is 31.9 Å². The average molecular weight is 298 g/mol. The summed E-state index contributed by atoms with van der Waals surface area (Å²) in [4.78, 5) is 15.2. The molecule has 1 saturated heterocycles. The molecule has 0 spiro atoms. The van der Waals surface area contributed by atoms with Crippen LogP contribution in [-0.4, -0.2) is 52.6 Å². The lowest BCUT2D eigenvalue weighted by Gasteiger charge is -2.42. The third-order valence-electron chi connectivity index (χ3n) is 3.48. The monoisotopic (exact) mass is 298 g/mol. The number of carboxylic acids is 1. The molecule has 1 aliphatic heterocycles. The Morgan fingerprint density at radius 1 is 1.10 bits per heavy atom. The first-order chi connectivity index (χ1) is 9.75. The van der Waals surface area contributed by atoms with E-state index in [0.29, 0.717) is 24.6 Å². The van der Waals surface area contributed by atoms with E-state index in [-0.39, 0.29) is 0 Å². The average Bonchev–Trinajstić information content (AvgIpc) is 2.46. The number of aliphatic carboxylic acids is 1. The molecule has 5 N–H and O–H groups in total. The fraction of sp³-hybridized carbons (Fsp3) is 0.667. The van der Waals surface area contributed by atoms with Crippen LogP contribution in [0.5, 0.6) is 0 Å². The summed E-state index contributed by atoms with van der Waals surface area (Å²) in [5, 5.41) is 9.20. The van der Waals surface area contributed by atoms with Gasteiger partial charge in [-0.2, -0.15) is 0 Å². The van der Waals surface area contributed by atoms with E-state index >= 15 is 0 Å². The molecule has 0 bridgehead atoms. The summed E-state index contributed by atoms with van der Waals surface area (Å²) < 4.78 is 0. The maximum atomic E-state index is 11.2. The molecule has 21 heavy (non-hydrogen) atoms. The van der Waals surface area contributed by atoms with Crippen molar-refractivity contribution >= 4 is 5.97 Å². The van der Waals surface area contributed by atoms with Gasteiger partial charge in [-0.05, 0) is 32.9 Å². The normalized spacial score (nSPS) is 18.0. The van der Waals surface area contributed by atoms with Gasteiger partial charge in [0.2, 0.25) is 0 Å². The molecule has 0 amide bonds. The van der Waals surface area contributed by atoms with Gasteiger partial charge in [0.1, 0.15) is 5.54 Å². The van der Waals surface area contributed by atoms with Crippen molar-refractivity contribution in [2.45, 2.75) is 40.2 Å². The zero-order valence-electron chi connectivity index (χ0n) is 13.9. The van der Waals surface area contributed by atoms with Gasteiger partial charge in [-0.25, -0.2) is 0 Å². The molecular weight excluding hydrogens is 268 g/mol. The lowest BCUT2D eigenvalue weighted by Crippen LogP contribution is -2.58. The standard InChI is InChI=1S/C13H24N4O2.C2H6/c1-10(14)4-5-11(15)16-6-8-17(9-7-16)13(2,3)12(18)19;1-2/h4-5H,6-9,14-15H2,1-3H3,(H,18,19);1-2H3/b10-4-,11-5+;. The second-order valence-corrected chi connectivity index (χ2v) is 5.34. The van der Waals surface area contributed by atoms with Crippen molar-refractivity contribution in [3.8, 4) is 0 Å². The van der Waals surface area contributed by atoms with Crippen molar-refractivity contribution in [2.75, 3.05) is 26.2 Å². The molecule has 0 aromatic carbocycles. The molecule has 0 atom stereocenters. The Kier molecular flexibility index (Phi) is 7.88. The lowest BCUT2D eigenvalue weighted by molar-refractivity contribution is -0.150. The molecule has 0 aliphatic carbocycles. The fourth-order valence-corrected chi connectivity index (χ4v) is 1.98. The van der Waals surface area contributed by atoms with Crippen LogP contribution in [0.25, 0.3) is 0 Å². The van der Waals surface area contributed by atoms with Gasteiger partial charge in [-0.1, -0.05) is 13.8 Å². The smallest absolute Gasteiger partial charge is 0.323 e. The van der Waals surface area contributed by atoms with Gasteiger partial charge in [0.15, 0.2) is 0 Å². The second-order valence-electron chi connectivity index (χ2n) is 5.34. The van der Waals surface area contributed by atoms with Crippen LogP contribution in [0.2, 0.25) is 0 Å². The van der Waals surface area contributed by atoms with Crippen LogP contribution >= 0.6 is 0 Å². The fourth-order valence-electron chi connectivity index (χ4n) is 1.98. The number of carboxylic acid groups (broad SMARTS) is 1. The minimum atomic E-state index is -0.835. The molecule has 1 aliphatic rings. The van der Waals surface area contributed by atoms with E-state index in [1.807, 2.05) is 23.6 Å². The number of hydrogen-bond donors (Lipinski definition) is 3. The number of carbonyl (C=O) groups is 1. The van der Waals surface area contributed by atoms with Gasteiger partial charge in [-0.3, -0.25) is 9.69 Å². The van der Waals surface area contributed by atoms with Crippen LogP contribution in [0, 0.1) is 0 Å². The highest BCUT2D eigenvalue weighted by Gasteiger charge is 2.36. The molecule has 6 nitrogen and oxygen atoms in total. The number of nitrogens with two attached hydrogens (primary N) is 2. The van der Waals surface area contributed by atoms with Crippen molar-refractivity contribution in [1.29, 1.82) is 0 Å². The number of piperazine rings is 1. The van der Waals surface area contributed by atoms with Crippen molar-refractivity contribution in [1.82, 2.24) is 9.80 Å². The van der Waals surface area contributed by atoms with Crippen molar-refractivity contribution in [2.24, 2.45) is 11.5 Å². The Balaban J connectivity index is 0.00000191. The number of rotatable bonds is 4. The van der Waals surface area contributed by atoms with Crippen LogP contribution in [0.4, 0.5) is 0 Å². The first-order valence-corrected chi connectivity index (χ1v) is 7.38. The van der Waals surface area contributed by atoms with Gasteiger partial charge in [-0.15, -0.1) is 0 Å². The summed E-state index contributed by atoms with van der Waals surface area (Å²) >= 11 is 0. The van der Waals surface area contributed by atoms with E-state index in [1.165, 1.54) is 0 Å². The lowest BCUT2D eigenvalue weighted by atomic mass is 10.0. The van der Waals surface area contributed by atoms with Crippen LogP contribution in [0.3, 0.4) is 0 Å². The SMILES string of the molecule is C/C(N)=C/C=C(\N)N1CCN(C(C)(C)C(=O)O)CC1.CC. The summed E-state index contributed by atoms with van der Waals surface area (Å²) in [5.41, 5.74) is 11.4. The Hall–Kier alpha value is -1.69. The van der Waals surface area contributed by atoms with E-state index in [0.717, 1.165) is 13.1 Å². The van der Waals surface area contributed by atoms with Crippen LogP contribution in [0.1, 0.15) is 34.6 Å². The van der Waals surface area contributed by atoms with Crippen molar-refractivity contribution in [3.05, 3.63) is 23.7 Å². The van der Waals surface area contributed by atoms with Gasteiger partial charge < -0.3 is 21.5 Å². The Morgan fingerprint density at radius 2 is 1.57 bits per heavy atom. The molecular formula is C15H30N4O2. The van der Waals surface area contributed by atoms with Crippen LogP contribution in [0.15, 0.2) is 23.7 Å². The molecule has 122 valence electrons. The van der Waals surface area contributed by atoms with E-state index in [9.17, 15) is 9.90 Å².